The van der Waals surface area contributed by atoms with Crippen LogP contribution in [0.5, 0.6) is 0 Å². The van der Waals surface area contributed by atoms with Crippen molar-refractivity contribution in [1.82, 2.24) is 9.62 Å². The highest BCUT2D eigenvalue weighted by Gasteiger charge is 2.29. The molecule has 1 aromatic rings. The third kappa shape index (κ3) is 5.87. The van der Waals surface area contributed by atoms with E-state index >= 15 is 0 Å². The summed E-state index contributed by atoms with van der Waals surface area (Å²) in [6.07, 6.45) is 2.20. The number of nitrogens with one attached hydrogen (secondary N) is 1. The quantitative estimate of drug-likeness (QED) is 0.824. The Kier molecular flexibility index (Phi) is 6.58. The lowest BCUT2D eigenvalue weighted by Gasteiger charge is -2.31. The van der Waals surface area contributed by atoms with Gasteiger partial charge in [0, 0.05) is 25.0 Å². The van der Waals surface area contributed by atoms with Crippen LogP contribution >= 0.6 is 11.3 Å². The average molecular weight is 361 g/mol. The lowest BCUT2D eigenvalue weighted by molar-refractivity contribution is -0.133. The summed E-state index contributed by atoms with van der Waals surface area (Å²) in [5.74, 6) is 0.223. The molecule has 0 spiro atoms. The van der Waals surface area contributed by atoms with Crippen molar-refractivity contribution < 1.29 is 17.9 Å². The second-order valence-electron chi connectivity index (χ2n) is 5.93. The van der Waals surface area contributed by atoms with E-state index in [0.717, 1.165) is 11.8 Å². The number of carbonyl (C=O) groups is 1. The Hall–Kier alpha value is -0.960. The molecular weight excluding hydrogens is 336 g/mol. The van der Waals surface area contributed by atoms with E-state index in [1.807, 2.05) is 28.7 Å². The molecule has 0 radical (unpaired) electrons. The molecule has 0 aliphatic carbocycles. The van der Waals surface area contributed by atoms with Gasteiger partial charge in [0.2, 0.25) is 15.9 Å². The van der Waals surface area contributed by atoms with Crippen molar-refractivity contribution in [3.8, 4) is 0 Å². The minimum Gasteiger partial charge on any atom is -0.379 e. The van der Waals surface area contributed by atoms with Gasteiger partial charge in [0.05, 0.1) is 25.9 Å². The molecule has 0 saturated carbocycles. The van der Waals surface area contributed by atoms with Gasteiger partial charge in [-0.05, 0) is 35.7 Å². The molecule has 0 bridgehead atoms. The first-order chi connectivity index (χ1) is 10.9. The Morgan fingerprint density at radius 2 is 2.30 bits per heavy atom. The fraction of sp³-hybridized carbons (Fsp3) is 0.667. The fourth-order valence-corrected chi connectivity index (χ4v) is 3.93. The van der Waals surface area contributed by atoms with Crippen molar-refractivity contribution >= 4 is 27.3 Å². The summed E-state index contributed by atoms with van der Waals surface area (Å²) in [6, 6.07) is 2.00. The molecule has 2 heterocycles. The van der Waals surface area contributed by atoms with Gasteiger partial charge in [-0.2, -0.15) is 11.3 Å². The summed E-state index contributed by atoms with van der Waals surface area (Å²) >= 11 is 1.59. The van der Waals surface area contributed by atoms with Gasteiger partial charge in [-0.3, -0.25) is 4.79 Å². The maximum absolute atomic E-state index is 12.6. The number of hydrogen-bond acceptors (Lipinski definition) is 5. The van der Waals surface area contributed by atoms with E-state index in [-0.39, 0.29) is 17.9 Å². The zero-order valence-corrected chi connectivity index (χ0v) is 15.2. The minimum absolute atomic E-state index is 0.0324. The van der Waals surface area contributed by atoms with Gasteiger partial charge < -0.3 is 9.64 Å². The summed E-state index contributed by atoms with van der Waals surface area (Å²) in [7, 11) is -3.19. The van der Waals surface area contributed by atoms with E-state index < -0.39 is 10.0 Å². The first-order valence-corrected chi connectivity index (χ1v) is 10.5. The molecular formula is C15H24N2O4S2. The van der Waals surface area contributed by atoms with Crippen LogP contribution in [0.1, 0.15) is 18.9 Å². The molecule has 2 rings (SSSR count). The summed E-state index contributed by atoms with van der Waals surface area (Å²) < 4.78 is 30.4. The van der Waals surface area contributed by atoms with Crippen molar-refractivity contribution in [2.75, 3.05) is 32.6 Å². The number of thiophene rings is 1. The zero-order valence-electron chi connectivity index (χ0n) is 13.5. The predicted octanol–water partition coefficient (Wildman–Crippen LogP) is 1.09. The van der Waals surface area contributed by atoms with Crippen LogP contribution in [-0.2, 0) is 26.0 Å². The predicted molar refractivity (Wildman–Crippen MR) is 91.0 cm³/mol. The fourth-order valence-electron chi connectivity index (χ4n) is 2.77. The van der Waals surface area contributed by atoms with Crippen molar-refractivity contribution in [3.63, 3.8) is 0 Å². The highest BCUT2D eigenvalue weighted by molar-refractivity contribution is 7.88. The number of ether oxygens (including phenoxy) is 1. The Bertz CT molecular complexity index is 601. The summed E-state index contributed by atoms with van der Waals surface area (Å²) in [5.41, 5.74) is 1.03. The number of nitrogens with zero attached hydrogens (tertiary/aromatic N) is 1. The van der Waals surface area contributed by atoms with E-state index in [9.17, 15) is 13.2 Å². The maximum Gasteiger partial charge on any atom is 0.227 e. The molecule has 1 aromatic heterocycles. The zero-order chi connectivity index (χ0) is 16.9. The molecule has 1 saturated heterocycles. The Labute approximate surface area is 141 Å². The van der Waals surface area contributed by atoms with Gasteiger partial charge in [-0.1, -0.05) is 0 Å². The molecule has 6 nitrogen and oxygen atoms in total. The second-order valence-corrected chi connectivity index (χ2v) is 8.54. The Morgan fingerprint density at radius 3 is 2.96 bits per heavy atom. The van der Waals surface area contributed by atoms with Gasteiger partial charge >= 0.3 is 0 Å². The smallest absolute Gasteiger partial charge is 0.227 e. The molecule has 130 valence electrons. The molecule has 2 atom stereocenters. The van der Waals surface area contributed by atoms with E-state index in [1.165, 1.54) is 0 Å². The average Bonchev–Trinajstić information content (AvgIpc) is 2.89. The van der Waals surface area contributed by atoms with Crippen LogP contribution in [0.4, 0.5) is 0 Å². The monoisotopic (exact) mass is 360 g/mol. The van der Waals surface area contributed by atoms with Gasteiger partial charge in [-0.15, -0.1) is 0 Å². The van der Waals surface area contributed by atoms with Crippen LogP contribution in [0.15, 0.2) is 16.8 Å². The number of rotatable bonds is 6. The number of carbonyl (C=O) groups excluding carboxylic acids is 1. The number of hydrogen-bond donors (Lipinski definition) is 1. The molecule has 8 heteroatoms. The van der Waals surface area contributed by atoms with Crippen molar-refractivity contribution in [2.24, 2.45) is 5.92 Å². The van der Waals surface area contributed by atoms with E-state index in [2.05, 4.69) is 4.72 Å². The molecule has 23 heavy (non-hydrogen) atoms. The summed E-state index contributed by atoms with van der Waals surface area (Å²) in [5, 5.41) is 3.96. The standard InChI is InChI=1S/C15H24N2O4S2/c1-12-14(3-5-16-23(2,19)20)10-21-7-6-17(12)15(18)9-13-4-8-22-11-13/h4,8,11-12,14,16H,3,5-7,9-10H2,1-2H3/t12-,14+/m0/s1. The summed E-state index contributed by atoms with van der Waals surface area (Å²) in [6.45, 7) is 4.04. The van der Waals surface area contributed by atoms with E-state index in [1.54, 1.807) is 11.3 Å². The second kappa shape index (κ2) is 8.23. The van der Waals surface area contributed by atoms with Crippen LogP contribution < -0.4 is 4.72 Å². The highest BCUT2D eigenvalue weighted by Crippen LogP contribution is 2.20. The Balaban J connectivity index is 1.95. The third-order valence-corrected chi connectivity index (χ3v) is 5.58. The van der Waals surface area contributed by atoms with Gasteiger partial charge in [-0.25, -0.2) is 13.1 Å². The van der Waals surface area contributed by atoms with E-state index in [0.29, 0.717) is 39.1 Å². The topological polar surface area (TPSA) is 75.7 Å². The number of sulfonamides is 1. The normalized spacial score (nSPS) is 22.8. The first-order valence-electron chi connectivity index (χ1n) is 7.70. The van der Waals surface area contributed by atoms with Crippen molar-refractivity contribution in [2.45, 2.75) is 25.8 Å². The summed E-state index contributed by atoms with van der Waals surface area (Å²) in [4.78, 5) is 14.4. The maximum atomic E-state index is 12.6. The van der Waals surface area contributed by atoms with Gasteiger partial charge in [0.15, 0.2) is 0 Å². The van der Waals surface area contributed by atoms with Crippen molar-refractivity contribution in [1.29, 1.82) is 0 Å². The van der Waals surface area contributed by atoms with E-state index in [4.69, 9.17) is 4.74 Å². The van der Waals surface area contributed by atoms with Crippen LogP contribution in [0.2, 0.25) is 0 Å². The molecule has 1 aliphatic rings. The molecule has 0 unspecified atom stereocenters. The minimum atomic E-state index is -3.19. The first kappa shape index (κ1) is 18.4. The highest BCUT2D eigenvalue weighted by atomic mass is 32.2. The number of amides is 1. The van der Waals surface area contributed by atoms with Crippen LogP contribution in [0.25, 0.3) is 0 Å². The van der Waals surface area contributed by atoms with Gasteiger partial charge in [0.1, 0.15) is 0 Å². The van der Waals surface area contributed by atoms with Crippen LogP contribution in [0, 0.1) is 5.92 Å². The Morgan fingerprint density at radius 1 is 1.52 bits per heavy atom. The molecule has 1 aliphatic heterocycles. The SMILES string of the molecule is C[C@H]1[C@H](CCNS(C)(=O)=O)COCCN1C(=O)Cc1ccsc1. The van der Waals surface area contributed by atoms with Crippen LogP contribution in [-0.4, -0.2) is 57.8 Å². The molecule has 0 aromatic carbocycles. The molecule has 1 amide bonds. The third-order valence-electron chi connectivity index (χ3n) is 4.12. The van der Waals surface area contributed by atoms with Crippen LogP contribution in [0.3, 0.4) is 0 Å². The van der Waals surface area contributed by atoms with Gasteiger partial charge in [0.25, 0.3) is 0 Å². The lowest BCUT2D eigenvalue weighted by atomic mass is 9.97. The lowest BCUT2D eigenvalue weighted by Crippen LogP contribution is -2.44. The van der Waals surface area contributed by atoms with Crippen molar-refractivity contribution in [3.05, 3.63) is 22.4 Å². The molecule has 1 fully saturated rings. The largest absolute Gasteiger partial charge is 0.379 e. The molecule has 1 N–H and O–H groups in total.